The summed E-state index contributed by atoms with van der Waals surface area (Å²) in [7, 11) is 0. The normalized spacial score (nSPS) is 17.6. The Labute approximate surface area is 122 Å². The van der Waals surface area contributed by atoms with Crippen molar-refractivity contribution in [2.45, 2.75) is 18.9 Å². The molecule has 2 aromatic rings. The van der Waals surface area contributed by atoms with Crippen molar-refractivity contribution in [3.63, 3.8) is 0 Å². The first-order chi connectivity index (χ1) is 9.81. The van der Waals surface area contributed by atoms with Gasteiger partial charge in [-0.15, -0.1) is 0 Å². The summed E-state index contributed by atoms with van der Waals surface area (Å²) in [5.74, 6) is 1.02. The molecule has 4 rings (SSSR count). The smallest absolute Gasteiger partial charge is 0.155 e. The average molecular weight is 284 g/mol. The Morgan fingerprint density at radius 3 is 2.65 bits per heavy atom. The molecule has 1 aromatic carbocycles. The molecule has 0 spiro atoms. The van der Waals surface area contributed by atoms with Crippen molar-refractivity contribution in [2.24, 2.45) is 4.99 Å². The predicted octanol–water partition coefficient (Wildman–Crippen LogP) is 3.84. The first kappa shape index (κ1) is 11.9. The highest BCUT2D eigenvalue weighted by Gasteiger charge is 2.34. The monoisotopic (exact) mass is 283 g/mol. The van der Waals surface area contributed by atoms with E-state index in [0.717, 1.165) is 34.3 Å². The molecule has 4 heteroatoms. The Kier molecular flexibility index (Phi) is 2.74. The number of aromatic nitrogens is 1. The molecule has 1 aromatic heterocycles. The van der Waals surface area contributed by atoms with E-state index in [1.807, 2.05) is 42.6 Å². The van der Waals surface area contributed by atoms with E-state index in [9.17, 15) is 0 Å². The van der Waals surface area contributed by atoms with Crippen LogP contribution in [0.1, 0.15) is 18.4 Å². The lowest BCUT2D eigenvalue weighted by molar-refractivity contribution is 0.846. The van der Waals surface area contributed by atoms with Gasteiger partial charge in [-0.1, -0.05) is 23.7 Å². The lowest BCUT2D eigenvalue weighted by atomic mass is 10.1. The Balaban J connectivity index is 1.78. The van der Waals surface area contributed by atoms with Gasteiger partial charge < -0.3 is 4.90 Å². The van der Waals surface area contributed by atoms with Gasteiger partial charge in [0.2, 0.25) is 0 Å². The van der Waals surface area contributed by atoms with E-state index < -0.39 is 0 Å². The minimum absolute atomic E-state index is 0.626. The van der Waals surface area contributed by atoms with E-state index in [1.165, 1.54) is 12.8 Å². The molecule has 2 heterocycles. The SMILES string of the molecule is Clc1ccc(C2=Nc3cccnc3N(C3CC3)C2)cc1. The van der Waals surface area contributed by atoms with Gasteiger partial charge in [0.25, 0.3) is 0 Å². The summed E-state index contributed by atoms with van der Waals surface area (Å²) in [6.07, 6.45) is 4.35. The van der Waals surface area contributed by atoms with Crippen LogP contribution in [0.25, 0.3) is 0 Å². The molecule has 20 heavy (non-hydrogen) atoms. The fourth-order valence-electron chi connectivity index (χ4n) is 2.60. The van der Waals surface area contributed by atoms with Crippen LogP contribution in [-0.4, -0.2) is 23.3 Å². The number of pyridine rings is 1. The topological polar surface area (TPSA) is 28.5 Å². The molecular weight excluding hydrogens is 270 g/mol. The molecule has 1 aliphatic heterocycles. The zero-order chi connectivity index (χ0) is 13.5. The van der Waals surface area contributed by atoms with Crippen molar-refractivity contribution < 1.29 is 0 Å². The number of fused-ring (bicyclic) bond motifs is 1. The van der Waals surface area contributed by atoms with Crippen molar-refractivity contribution in [1.29, 1.82) is 0 Å². The Morgan fingerprint density at radius 2 is 1.90 bits per heavy atom. The molecule has 1 aliphatic carbocycles. The van der Waals surface area contributed by atoms with Gasteiger partial charge in [0.15, 0.2) is 5.82 Å². The van der Waals surface area contributed by atoms with Gasteiger partial charge >= 0.3 is 0 Å². The summed E-state index contributed by atoms with van der Waals surface area (Å²) in [6.45, 7) is 0.830. The highest BCUT2D eigenvalue weighted by Crippen LogP contribution is 2.38. The summed E-state index contributed by atoms with van der Waals surface area (Å²) >= 11 is 5.96. The maximum Gasteiger partial charge on any atom is 0.155 e. The van der Waals surface area contributed by atoms with E-state index in [0.29, 0.717) is 6.04 Å². The van der Waals surface area contributed by atoms with Gasteiger partial charge in [-0.3, -0.25) is 0 Å². The first-order valence-electron chi connectivity index (χ1n) is 6.86. The lowest BCUT2D eigenvalue weighted by Crippen LogP contribution is -2.35. The number of benzene rings is 1. The summed E-state index contributed by atoms with van der Waals surface area (Å²) in [5, 5.41) is 0.756. The molecule has 0 bridgehead atoms. The lowest BCUT2D eigenvalue weighted by Gasteiger charge is -2.29. The van der Waals surface area contributed by atoms with Crippen molar-refractivity contribution in [3.05, 3.63) is 53.2 Å². The molecule has 0 radical (unpaired) electrons. The van der Waals surface area contributed by atoms with E-state index in [2.05, 4.69) is 9.88 Å². The van der Waals surface area contributed by atoms with E-state index >= 15 is 0 Å². The van der Waals surface area contributed by atoms with Crippen LogP contribution < -0.4 is 4.90 Å². The second-order valence-corrected chi connectivity index (χ2v) is 5.71. The standard InChI is InChI=1S/C16H14ClN3/c17-12-5-3-11(4-6-12)15-10-20(13-7-8-13)16-14(19-15)2-1-9-18-16/h1-6,9,13H,7-8,10H2. The maximum atomic E-state index is 5.96. The zero-order valence-corrected chi connectivity index (χ0v) is 11.7. The average Bonchev–Trinajstić information content (AvgIpc) is 3.31. The van der Waals surface area contributed by atoms with Crippen molar-refractivity contribution >= 4 is 28.8 Å². The summed E-state index contributed by atoms with van der Waals surface area (Å²) in [5.41, 5.74) is 3.19. The molecule has 3 nitrogen and oxygen atoms in total. The largest absolute Gasteiger partial charge is 0.346 e. The maximum absolute atomic E-state index is 5.96. The number of aliphatic imine (C=N–C) groups is 1. The van der Waals surface area contributed by atoms with Gasteiger partial charge in [-0.05, 0) is 42.7 Å². The van der Waals surface area contributed by atoms with Crippen molar-refractivity contribution in [2.75, 3.05) is 11.4 Å². The molecule has 0 saturated heterocycles. The molecule has 2 aliphatic rings. The van der Waals surface area contributed by atoms with Crippen molar-refractivity contribution in [3.8, 4) is 0 Å². The Bertz CT molecular complexity index is 674. The zero-order valence-electron chi connectivity index (χ0n) is 11.0. The van der Waals surface area contributed by atoms with E-state index in [-0.39, 0.29) is 0 Å². The third-order valence-corrected chi connectivity index (χ3v) is 4.03. The second kappa shape index (κ2) is 4.60. The predicted molar refractivity (Wildman–Crippen MR) is 82.3 cm³/mol. The highest BCUT2D eigenvalue weighted by atomic mass is 35.5. The Hall–Kier alpha value is -1.87. The number of hydrogen-bond donors (Lipinski definition) is 0. The van der Waals surface area contributed by atoms with Gasteiger partial charge in [0, 0.05) is 17.3 Å². The number of halogens is 1. The van der Waals surface area contributed by atoms with Gasteiger partial charge in [-0.2, -0.15) is 0 Å². The second-order valence-electron chi connectivity index (χ2n) is 5.27. The van der Waals surface area contributed by atoms with Crippen LogP contribution in [0.2, 0.25) is 5.02 Å². The van der Waals surface area contributed by atoms with Crippen LogP contribution in [0.5, 0.6) is 0 Å². The quantitative estimate of drug-likeness (QED) is 0.838. The number of anilines is 1. The molecule has 0 amide bonds. The fraction of sp³-hybridized carbons (Fsp3) is 0.250. The molecule has 1 saturated carbocycles. The third kappa shape index (κ3) is 2.08. The third-order valence-electron chi connectivity index (χ3n) is 3.78. The van der Waals surface area contributed by atoms with E-state index in [1.54, 1.807) is 0 Å². The molecule has 1 fully saturated rings. The van der Waals surface area contributed by atoms with Gasteiger partial charge in [-0.25, -0.2) is 9.98 Å². The highest BCUT2D eigenvalue weighted by molar-refractivity contribution is 6.30. The van der Waals surface area contributed by atoms with Gasteiger partial charge in [0.05, 0.1) is 12.3 Å². The van der Waals surface area contributed by atoms with Crippen LogP contribution in [0.3, 0.4) is 0 Å². The summed E-state index contributed by atoms with van der Waals surface area (Å²) in [4.78, 5) is 11.7. The van der Waals surface area contributed by atoms with Crippen molar-refractivity contribution in [1.82, 2.24) is 4.98 Å². The van der Waals surface area contributed by atoms with Crippen LogP contribution in [0.4, 0.5) is 11.5 Å². The molecular formula is C16H14ClN3. The van der Waals surface area contributed by atoms with Crippen LogP contribution in [0, 0.1) is 0 Å². The number of hydrogen-bond acceptors (Lipinski definition) is 3. The molecule has 100 valence electrons. The van der Waals surface area contributed by atoms with Crippen LogP contribution in [0.15, 0.2) is 47.6 Å². The first-order valence-corrected chi connectivity index (χ1v) is 7.24. The van der Waals surface area contributed by atoms with Crippen LogP contribution in [-0.2, 0) is 0 Å². The molecule has 0 atom stereocenters. The van der Waals surface area contributed by atoms with Crippen LogP contribution >= 0.6 is 11.6 Å². The number of rotatable bonds is 2. The summed E-state index contributed by atoms with van der Waals surface area (Å²) in [6, 6.07) is 12.5. The van der Waals surface area contributed by atoms with Gasteiger partial charge in [0.1, 0.15) is 5.69 Å². The molecule has 0 unspecified atom stereocenters. The molecule has 0 N–H and O–H groups in total. The minimum atomic E-state index is 0.626. The number of nitrogens with zero attached hydrogens (tertiary/aromatic N) is 3. The summed E-state index contributed by atoms with van der Waals surface area (Å²) < 4.78 is 0. The Morgan fingerprint density at radius 1 is 1.10 bits per heavy atom. The fourth-order valence-corrected chi connectivity index (χ4v) is 2.73. The van der Waals surface area contributed by atoms with E-state index in [4.69, 9.17) is 16.6 Å². The minimum Gasteiger partial charge on any atom is -0.346 e.